The van der Waals surface area contributed by atoms with Crippen molar-refractivity contribution in [3.63, 3.8) is 0 Å². The fourth-order valence-electron chi connectivity index (χ4n) is 2.73. The SMILES string of the molecule is CC[c-]1ccc(CC(C)C)c1.CC[c-]1ccc(CC(C)C)c1.[Mg+2]. The second kappa shape index (κ2) is 11.9. The normalized spacial score (nSPS) is 10.4. The maximum atomic E-state index is 2.32. The summed E-state index contributed by atoms with van der Waals surface area (Å²) in [7, 11) is 0. The van der Waals surface area contributed by atoms with Crippen LogP contribution in [0.2, 0.25) is 0 Å². The first-order chi connectivity index (χ1) is 10.4. The van der Waals surface area contributed by atoms with Gasteiger partial charge < -0.3 is 0 Å². The molecule has 0 aromatic heterocycles. The summed E-state index contributed by atoms with van der Waals surface area (Å²) in [5.41, 5.74) is 5.94. The molecule has 2 aromatic rings. The molecule has 0 fully saturated rings. The average molecular weight is 323 g/mol. The van der Waals surface area contributed by atoms with Gasteiger partial charge in [-0.2, -0.15) is 46.5 Å². The van der Waals surface area contributed by atoms with Gasteiger partial charge in [0.15, 0.2) is 0 Å². The van der Waals surface area contributed by atoms with Crippen LogP contribution in [-0.4, -0.2) is 23.1 Å². The number of aryl methyl sites for hydroxylation is 2. The molecule has 124 valence electrons. The van der Waals surface area contributed by atoms with E-state index in [1.165, 1.54) is 35.1 Å². The fraction of sp³-hybridized carbons (Fsp3) is 0.545. The van der Waals surface area contributed by atoms with Crippen molar-refractivity contribution in [2.45, 2.75) is 67.2 Å². The van der Waals surface area contributed by atoms with Gasteiger partial charge in [0, 0.05) is 0 Å². The Balaban J connectivity index is 0.000000403. The summed E-state index contributed by atoms with van der Waals surface area (Å²) in [4.78, 5) is 0. The molecule has 0 bridgehead atoms. The van der Waals surface area contributed by atoms with Gasteiger partial charge >= 0.3 is 23.1 Å². The largest absolute Gasteiger partial charge is 2.00 e. The van der Waals surface area contributed by atoms with Gasteiger partial charge in [-0.05, 0) is 0 Å². The quantitative estimate of drug-likeness (QED) is 0.455. The fourth-order valence-corrected chi connectivity index (χ4v) is 2.73. The Morgan fingerprint density at radius 2 is 1.09 bits per heavy atom. The topological polar surface area (TPSA) is 0 Å². The Morgan fingerprint density at radius 1 is 0.739 bits per heavy atom. The van der Waals surface area contributed by atoms with Crippen LogP contribution in [0, 0.1) is 11.8 Å². The van der Waals surface area contributed by atoms with Gasteiger partial charge in [-0.3, -0.25) is 0 Å². The molecule has 2 rings (SSSR count). The van der Waals surface area contributed by atoms with Crippen LogP contribution in [0.5, 0.6) is 0 Å². The maximum Gasteiger partial charge on any atom is 2.00 e. The van der Waals surface area contributed by atoms with E-state index >= 15 is 0 Å². The Labute approximate surface area is 160 Å². The van der Waals surface area contributed by atoms with Crippen LogP contribution in [0.3, 0.4) is 0 Å². The van der Waals surface area contributed by atoms with Crippen LogP contribution in [0.4, 0.5) is 0 Å². The number of hydrogen-bond donors (Lipinski definition) is 0. The summed E-state index contributed by atoms with van der Waals surface area (Å²) in [6, 6.07) is 13.6. The Kier molecular flexibility index (Phi) is 11.6. The Bertz CT molecular complexity index is 465. The zero-order chi connectivity index (χ0) is 16.5. The molecule has 2 aromatic carbocycles. The van der Waals surface area contributed by atoms with Crippen molar-refractivity contribution in [2.24, 2.45) is 11.8 Å². The van der Waals surface area contributed by atoms with Gasteiger partial charge in [0.1, 0.15) is 0 Å². The number of hydrogen-bond acceptors (Lipinski definition) is 0. The monoisotopic (exact) mass is 322 g/mol. The predicted octanol–water partition coefficient (Wildman–Crippen LogP) is 5.95. The first kappa shape index (κ1) is 22.5. The van der Waals surface area contributed by atoms with Gasteiger partial charge in [0.25, 0.3) is 0 Å². The molecule has 0 atom stereocenters. The summed E-state index contributed by atoms with van der Waals surface area (Å²) in [5.74, 6) is 1.56. The summed E-state index contributed by atoms with van der Waals surface area (Å²) in [5, 5.41) is 0. The van der Waals surface area contributed by atoms with Crippen LogP contribution in [0.25, 0.3) is 0 Å². The molecule has 0 amide bonds. The van der Waals surface area contributed by atoms with Crippen LogP contribution in [0.15, 0.2) is 36.4 Å². The Hall–Kier alpha value is -0.534. The van der Waals surface area contributed by atoms with Gasteiger partial charge in [0.2, 0.25) is 0 Å². The molecule has 0 aliphatic rings. The smallest absolute Gasteiger partial charge is 0.210 e. The van der Waals surface area contributed by atoms with Crippen molar-refractivity contribution in [1.29, 1.82) is 0 Å². The Morgan fingerprint density at radius 3 is 1.30 bits per heavy atom. The van der Waals surface area contributed by atoms with E-state index in [9.17, 15) is 0 Å². The molecule has 0 saturated heterocycles. The molecule has 0 spiro atoms. The van der Waals surface area contributed by atoms with Gasteiger partial charge in [0.05, 0.1) is 0 Å². The molecule has 1 heteroatoms. The van der Waals surface area contributed by atoms with Gasteiger partial charge in [-0.15, -0.1) is 0 Å². The van der Waals surface area contributed by atoms with E-state index in [1.54, 1.807) is 0 Å². The molecule has 23 heavy (non-hydrogen) atoms. The standard InChI is InChI=1S/2C11H17.Mg/c2*1-4-10-5-6-11(8-10)7-9(2)3;/h2*5-6,8-9H,4,7H2,1-3H3;/q2*-1;+2. The second-order valence-corrected chi connectivity index (χ2v) is 7.16. The predicted molar refractivity (Wildman–Crippen MR) is 106 cm³/mol. The molecule has 0 saturated carbocycles. The van der Waals surface area contributed by atoms with Crippen molar-refractivity contribution < 1.29 is 0 Å². The van der Waals surface area contributed by atoms with Crippen LogP contribution in [0.1, 0.15) is 63.8 Å². The molecular weight excluding hydrogens is 289 g/mol. The van der Waals surface area contributed by atoms with Gasteiger partial charge in [-0.25, -0.2) is 12.1 Å². The third-order valence-corrected chi connectivity index (χ3v) is 3.87. The number of rotatable bonds is 6. The van der Waals surface area contributed by atoms with E-state index in [1.807, 2.05) is 0 Å². The molecule has 0 radical (unpaired) electrons. The average Bonchev–Trinajstić information content (AvgIpc) is 3.07. The van der Waals surface area contributed by atoms with E-state index in [2.05, 4.69) is 77.9 Å². The first-order valence-corrected chi connectivity index (χ1v) is 8.93. The maximum absolute atomic E-state index is 2.32. The zero-order valence-corrected chi connectivity index (χ0v) is 17.6. The molecule has 0 heterocycles. The third kappa shape index (κ3) is 9.37. The van der Waals surface area contributed by atoms with Crippen molar-refractivity contribution in [1.82, 2.24) is 0 Å². The van der Waals surface area contributed by atoms with E-state index in [-0.39, 0.29) is 23.1 Å². The first-order valence-electron chi connectivity index (χ1n) is 8.93. The van der Waals surface area contributed by atoms with Crippen LogP contribution >= 0.6 is 0 Å². The van der Waals surface area contributed by atoms with Crippen molar-refractivity contribution in [2.75, 3.05) is 0 Å². The van der Waals surface area contributed by atoms with Crippen molar-refractivity contribution in [3.8, 4) is 0 Å². The molecular formula is C22H34Mg. The minimum absolute atomic E-state index is 0. The van der Waals surface area contributed by atoms with Crippen LogP contribution in [-0.2, 0) is 25.7 Å². The molecule has 0 unspecified atom stereocenters. The summed E-state index contributed by atoms with van der Waals surface area (Å²) >= 11 is 0. The zero-order valence-electron chi connectivity index (χ0n) is 16.2. The molecule has 0 N–H and O–H groups in total. The van der Waals surface area contributed by atoms with E-state index in [4.69, 9.17) is 0 Å². The van der Waals surface area contributed by atoms with Crippen molar-refractivity contribution >= 4 is 23.1 Å². The molecule has 0 aliphatic heterocycles. The molecule has 0 nitrogen and oxygen atoms in total. The van der Waals surface area contributed by atoms with Crippen LogP contribution < -0.4 is 0 Å². The van der Waals surface area contributed by atoms with E-state index in [0.29, 0.717) is 0 Å². The minimum Gasteiger partial charge on any atom is -0.210 e. The summed E-state index contributed by atoms with van der Waals surface area (Å²) in [6.45, 7) is 13.5. The van der Waals surface area contributed by atoms with Gasteiger partial charge in [-0.1, -0.05) is 79.1 Å². The van der Waals surface area contributed by atoms with E-state index < -0.39 is 0 Å². The van der Waals surface area contributed by atoms with Crippen molar-refractivity contribution in [3.05, 3.63) is 58.7 Å². The second-order valence-electron chi connectivity index (χ2n) is 7.16. The summed E-state index contributed by atoms with van der Waals surface area (Å²) < 4.78 is 0. The van der Waals surface area contributed by atoms with E-state index in [0.717, 1.165) is 24.7 Å². The summed E-state index contributed by atoms with van der Waals surface area (Å²) in [6.07, 6.45) is 4.77. The molecule has 0 aliphatic carbocycles. The minimum atomic E-state index is 0. The third-order valence-electron chi connectivity index (χ3n) is 3.87.